The number of halogens is 1. The molecular formula is C20H28BFO2. The van der Waals surface area contributed by atoms with Crippen molar-refractivity contribution in [3.05, 3.63) is 46.7 Å². The number of allylic oxidation sites excluding steroid dienone is 1. The summed E-state index contributed by atoms with van der Waals surface area (Å²) < 4.78 is 26.3. The highest BCUT2D eigenvalue weighted by atomic mass is 19.1. The van der Waals surface area contributed by atoms with Crippen LogP contribution >= 0.6 is 0 Å². The first-order valence-electron chi connectivity index (χ1n) is 8.93. The molecule has 1 saturated carbocycles. The Balaban J connectivity index is 1.66. The van der Waals surface area contributed by atoms with Gasteiger partial charge in [0.2, 0.25) is 0 Å². The maximum Gasteiger partial charge on any atom is 0.525 e. The zero-order chi connectivity index (χ0) is 17.7. The van der Waals surface area contributed by atoms with Crippen molar-refractivity contribution >= 4 is 7.12 Å². The minimum absolute atomic E-state index is 0.219. The molecule has 0 aromatic heterocycles. The van der Waals surface area contributed by atoms with E-state index in [1.807, 2.05) is 27.7 Å². The second kappa shape index (κ2) is 6.00. The first-order valence-corrected chi connectivity index (χ1v) is 8.93. The second-order valence-corrected chi connectivity index (χ2v) is 8.47. The van der Waals surface area contributed by atoms with Crippen LogP contribution in [0.25, 0.3) is 0 Å². The van der Waals surface area contributed by atoms with Crippen molar-refractivity contribution in [2.45, 2.75) is 77.4 Å². The zero-order valence-electron chi connectivity index (χ0n) is 15.7. The highest BCUT2D eigenvalue weighted by Gasteiger charge is 2.54. The van der Waals surface area contributed by atoms with Gasteiger partial charge < -0.3 is 9.31 Å². The van der Waals surface area contributed by atoms with Crippen LogP contribution in [0, 0.1) is 0 Å². The van der Waals surface area contributed by atoms with Gasteiger partial charge >= 0.3 is 7.12 Å². The van der Waals surface area contributed by atoms with Crippen molar-refractivity contribution in [1.82, 2.24) is 0 Å². The van der Waals surface area contributed by atoms with E-state index in [-0.39, 0.29) is 5.73 Å². The van der Waals surface area contributed by atoms with Gasteiger partial charge in [-0.1, -0.05) is 38.1 Å². The molecule has 130 valence electrons. The van der Waals surface area contributed by atoms with Crippen LogP contribution in [0.1, 0.15) is 77.3 Å². The smallest absolute Gasteiger partial charge is 0.398 e. The lowest BCUT2D eigenvalue weighted by Gasteiger charge is -2.32. The molecule has 3 rings (SSSR count). The van der Waals surface area contributed by atoms with E-state index in [0.29, 0.717) is 11.8 Å². The molecule has 0 unspecified atom stereocenters. The largest absolute Gasteiger partial charge is 0.525 e. The van der Waals surface area contributed by atoms with Crippen molar-refractivity contribution < 1.29 is 13.7 Å². The monoisotopic (exact) mass is 330 g/mol. The summed E-state index contributed by atoms with van der Waals surface area (Å²) in [5.74, 6) is 0.950. The Morgan fingerprint density at radius 1 is 1.04 bits per heavy atom. The third kappa shape index (κ3) is 3.06. The maximum absolute atomic E-state index is 14.7. The SMILES string of the molecule is CC(C)c1ccc(C2CC(=C(F)B3OC(C)(C)C(C)(C)O3)C2)cc1. The van der Waals surface area contributed by atoms with Crippen LogP contribution in [-0.2, 0) is 9.31 Å². The lowest BCUT2D eigenvalue weighted by molar-refractivity contribution is 0.00578. The predicted octanol–water partition coefficient (Wildman–Crippen LogP) is 5.54. The quantitative estimate of drug-likeness (QED) is 0.677. The average Bonchev–Trinajstić information content (AvgIpc) is 2.66. The average molecular weight is 330 g/mol. The predicted molar refractivity (Wildman–Crippen MR) is 96.7 cm³/mol. The number of benzene rings is 1. The summed E-state index contributed by atoms with van der Waals surface area (Å²) in [6.45, 7) is 12.2. The molecular weight excluding hydrogens is 302 g/mol. The summed E-state index contributed by atoms with van der Waals surface area (Å²) in [5.41, 5.74) is 2.27. The van der Waals surface area contributed by atoms with Gasteiger partial charge in [0, 0.05) is 0 Å². The molecule has 24 heavy (non-hydrogen) atoms. The number of rotatable bonds is 3. The summed E-state index contributed by atoms with van der Waals surface area (Å²) in [7, 11) is -0.853. The Hall–Kier alpha value is -1.13. The minimum atomic E-state index is -0.853. The van der Waals surface area contributed by atoms with Crippen molar-refractivity contribution in [2.75, 3.05) is 0 Å². The highest BCUT2D eigenvalue weighted by Crippen LogP contribution is 2.46. The number of hydrogen-bond donors (Lipinski definition) is 0. The van der Waals surface area contributed by atoms with Gasteiger partial charge in [-0.3, -0.25) is 0 Å². The summed E-state index contributed by atoms with van der Waals surface area (Å²) >= 11 is 0. The molecule has 0 bridgehead atoms. The molecule has 0 atom stereocenters. The molecule has 4 heteroatoms. The van der Waals surface area contributed by atoms with Crippen LogP contribution in [0.4, 0.5) is 4.39 Å². The van der Waals surface area contributed by atoms with Gasteiger partial charge in [0.05, 0.1) is 11.2 Å². The summed E-state index contributed by atoms with van der Waals surface area (Å²) in [6, 6.07) is 8.74. The normalized spacial score (nSPS) is 25.1. The lowest BCUT2D eigenvalue weighted by atomic mass is 9.70. The van der Waals surface area contributed by atoms with Crippen LogP contribution in [0.2, 0.25) is 0 Å². The third-order valence-electron chi connectivity index (χ3n) is 5.86. The Morgan fingerprint density at radius 3 is 2.00 bits per heavy atom. The lowest BCUT2D eigenvalue weighted by Crippen LogP contribution is -2.41. The topological polar surface area (TPSA) is 18.5 Å². The van der Waals surface area contributed by atoms with Crippen molar-refractivity contribution in [1.29, 1.82) is 0 Å². The highest BCUT2D eigenvalue weighted by molar-refractivity contribution is 6.53. The van der Waals surface area contributed by atoms with Gasteiger partial charge in [-0.25, -0.2) is 4.39 Å². The van der Waals surface area contributed by atoms with Crippen molar-refractivity contribution in [3.63, 3.8) is 0 Å². The van der Waals surface area contributed by atoms with E-state index in [1.54, 1.807) is 0 Å². The minimum Gasteiger partial charge on any atom is -0.398 e. The first kappa shape index (κ1) is 17.7. The maximum atomic E-state index is 14.7. The molecule has 2 fully saturated rings. The fourth-order valence-corrected chi connectivity index (χ4v) is 3.23. The van der Waals surface area contributed by atoms with Gasteiger partial charge in [0.1, 0.15) is 5.73 Å². The van der Waals surface area contributed by atoms with Gasteiger partial charge in [-0.2, -0.15) is 0 Å². The van der Waals surface area contributed by atoms with Crippen LogP contribution in [0.15, 0.2) is 35.6 Å². The van der Waals surface area contributed by atoms with Gasteiger partial charge in [-0.05, 0) is 69.1 Å². The van der Waals surface area contributed by atoms with E-state index in [2.05, 4.69) is 38.1 Å². The molecule has 1 aromatic rings. The molecule has 1 aliphatic carbocycles. The molecule has 0 radical (unpaired) electrons. The molecule has 1 aliphatic heterocycles. The van der Waals surface area contributed by atoms with Gasteiger partial charge in [-0.15, -0.1) is 0 Å². The molecule has 0 amide bonds. The standard InChI is InChI=1S/C20H28BFO2/c1-13(2)14-7-9-15(10-8-14)16-11-17(12-16)18(22)21-23-19(3,4)20(5,6)24-21/h7-10,13,16H,11-12H2,1-6H3. The van der Waals surface area contributed by atoms with Gasteiger partial charge in [0.25, 0.3) is 0 Å². The molecule has 2 aliphatic rings. The summed E-state index contributed by atoms with van der Waals surface area (Å²) in [5, 5.41) is 0. The number of hydrogen-bond acceptors (Lipinski definition) is 2. The second-order valence-electron chi connectivity index (χ2n) is 8.47. The van der Waals surface area contributed by atoms with E-state index < -0.39 is 18.3 Å². The first-order chi connectivity index (χ1) is 11.1. The Kier molecular flexibility index (Phi) is 4.42. The van der Waals surface area contributed by atoms with E-state index >= 15 is 0 Å². The zero-order valence-corrected chi connectivity index (χ0v) is 15.7. The van der Waals surface area contributed by atoms with E-state index in [4.69, 9.17) is 9.31 Å². The summed E-state index contributed by atoms with van der Waals surface area (Å²) in [4.78, 5) is 0. The molecule has 1 saturated heterocycles. The van der Waals surface area contributed by atoms with Crippen molar-refractivity contribution in [2.24, 2.45) is 0 Å². The van der Waals surface area contributed by atoms with Gasteiger partial charge in [0.15, 0.2) is 0 Å². The Bertz CT molecular complexity index is 622. The van der Waals surface area contributed by atoms with E-state index in [0.717, 1.165) is 18.4 Å². The van der Waals surface area contributed by atoms with Crippen LogP contribution in [0.3, 0.4) is 0 Å². The molecule has 2 nitrogen and oxygen atoms in total. The Labute approximate surface area is 145 Å². The van der Waals surface area contributed by atoms with Crippen LogP contribution in [-0.4, -0.2) is 18.3 Å². The van der Waals surface area contributed by atoms with Crippen LogP contribution < -0.4 is 0 Å². The van der Waals surface area contributed by atoms with E-state index in [1.165, 1.54) is 11.1 Å². The third-order valence-corrected chi connectivity index (χ3v) is 5.86. The molecule has 0 N–H and O–H groups in total. The van der Waals surface area contributed by atoms with Crippen molar-refractivity contribution in [3.8, 4) is 0 Å². The fraction of sp³-hybridized carbons (Fsp3) is 0.600. The van der Waals surface area contributed by atoms with Crippen LogP contribution in [0.5, 0.6) is 0 Å². The Morgan fingerprint density at radius 2 is 1.54 bits per heavy atom. The molecule has 0 spiro atoms. The summed E-state index contributed by atoms with van der Waals surface area (Å²) in [6.07, 6.45) is 1.52. The molecule has 1 aromatic carbocycles. The molecule has 1 heterocycles. The fourth-order valence-electron chi connectivity index (χ4n) is 3.23. The van der Waals surface area contributed by atoms with E-state index in [9.17, 15) is 4.39 Å².